The molecule has 0 aliphatic rings. The first-order valence-electron chi connectivity index (χ1n) is 7.01. The van der Waals surface area contributed by atoms with Crippen molar-refractivity contribution in [2.75, 3.05) is 7.11 Å². The Hall–Kier alpha value is -2.97. The van der Waals surface area contributed by atoms with Crippen LogP contribution in [0.25, 0.3) is 6.08 Å². The first kappa shape index (κ1) is 17.4. The fourth-order valence-electron chi connectivity index (χ4n) is 2.05. The Kier molecular flexibility index (Phi) is 5.83. The summed E-state index contributed by atoms with van der Waals surface area (Å²) >= 11 is 6.06. The lowest BCUT2D eigenvalue weighted by Gasteiger charge is -2.14. The zero-order valence-corrected chi connectivity index (χ0v) is 13.7. The SMILES string of the molecule is COc1cc(Cl)cc(C=C(C#N)C(N)=O)c1OCc1ccccc1. The van der Waals surface area contributed by atoms with Crippen molar-refractivity contribution in [3.05, 3.63) is 64.2 Å². The van der Waals surface area contributed by atoms with Crippen molar-refractivity contribution in [3.8, 4) is 17.6 Å². The normalized spacial score (nSPS) is 10.8. The third-order valence-electron chi connectivity index (χ3n) is 3.18. The number of benzene rings is 2. The second kappa shape index (κ2) is 8.04. The summed E-state index contributed by atoms with van der Waals surface area (Å²) in [5, 5.41) is 9.41. The summed E-state index contributed by atoms with van der Waals surface area (Å²) in [4.78, 5) is 11.3. The first-order valence-corrected chi connectivity index (χ1v) is 7.38. The smallest absolute Gasteiger partial charge is 0.259 e. The molecule has 2 aromatic carbocycles. The molecule has 0 aliphatic carbocycles. The van der Waals surface area contributed by atoms with Crippen molar-refractivity contribution < 1.29 is 14.3 Å². The summed E-state index contributed by atoms with van der Waals surface area (Å²) in [7, 11) is 1.48. The molecule has 0 aromatic heterocycles. The lowest BCUT2D eigenvalue weighted by molar-refractivity contribution is -0.114. The minimum atomic E-state index is -0.828. The third kappa shape index (κ3) is 4.28. The van der Waals surface area contributed by atoms with E-state index in [9.17, 15) is 4.79 Å². The summed E-state index contributed by atoms with van der Waals surface area (Å²) in [5.74, 6) is -0.0587. The number of amides is 1. The van der Waals surface area contributed by atoms with E-state index < -0.39 is 5.91 Å². The fourth-order valence-corrected chi connectivity index (χ4v) is 2.26. The van der Waals surface area contributed by atoms with Crippen LogP contribution in [0.4, 0.5) is 0 Å². The van der Waals surface area contributed by atoms with Crippen LogP contribution in [0.15, 0.2) is 48.0 Å². The maximum absolute atomic E-state index is 11.3. The van der Waals surface area contributed by atoms with Gasteiger partial charge in [0.05, 0.1) is 7.11 Å². The maximum atomic E-state index is 11.3. The van der Waals surface area contributed by atoms with Crippen LogP contribution < -0.4 is 15.2 Å². The van der Waals surface area contributed by atoms with Crippen LogP contribution in [-0.4, -0.2) is 13.0 Å². The van der Waals surface area contributed by atoms with Crippen molar-refractivity contribution in [2.45, 2.75) is 6.61 Å². The van der Waals surface area contributed by atoms with Crippen LogP contribution in [0.5, 0.6) is 11.5 Å². The van der Waals surface area contributed by atoms with Crippen LogP contribution in [-0.2, 0) is 11.4 Å². The van der Waals surface area contributed by atoms with E-state index in [0.29, 0.717) is 22.1 Å². The van der Waals surface area contributed by atoms with Gasteiger partial charge in [0.25, 0.3) is 5.91 Å². The Labute approximate surface area is 144 Å². The van der Waals surface area contributed by atoms with E-state index in [1.54, 1.807) is 18.2 Å². The highest BCUT2D eigenvalue weighted by atomic mass is 35.5. The maximum Gasteiger partial charge on any atom is 0.259 e. The molecule has 0 bridgehead atoms. The van der Waals surface area contributed by atoms with Crippen LogP contribution in [0.2, 0.25) is 5.02 Å². The van der Waals surface area contributed by atoms with Gasteiger partial charge in [0.2, 0.25) is 0 Å². The summed E-state index contributed by atoms with van der Waals surface area (Å²) < 4.78 is 11.1. The summed E-state index contributed by atoms with van der Waals surface area (Å²) in [6, 6.07) is 14.5. The number of nitriles is 1. The number of carbonyl (C=O) groups is 1. The van der Waals surface area contributed by atoms with Gasteiger partial charge in [0.1, 0.15) is 18.2 Å². The molecule has 0 saturated heterocycles. The molecule has 1 amide bonds. The van der Waals surface area contributed by atoms with Crippen LogP contribution >= 0.6 is 11.6 Å². The summed E-state index contributed by atoms with van der Waals surface area (Å²) in [5.41, 5.74) is 6.37. The molecule has 24 heavy (non-hydrogen) atoms. The van der Waals surface area contributed by atoms with E-state index in [1.165, 1.54) is 13.2 Å². The Bertz CT molecular complexity index is 811. The number of hydrogen-bond donors (Lipinski definition) is 1. The topological polar surface area (TPSA) is 85.3 Å². The highest BCUT2D eigenvalue weighted by Crippen LogP contribution is 2.36. The highest BCUT2D eigenvalue weighted by molar-refractivity contribution is 6.31. The summed E-state index contributed by atoms with van der Waals surface area (Å²) in [6.07, 6.45) is 1.33. The Balaban J connectivity index is 2.44. The number of nitrogens with two attached hydrogens (primary N) is 1. The number of primary amides is 1. The lowest BCUT2D eigenvalue weighted by Crippen LogP contribution is -2.12. The molecule has 6 heteroatoms. The number of carbonyl (C=O) groups excluding carboxylic acids is 1. The number of nitrogens with zero attached hydrogens (tertiary/aromatic N) is 1. The van der Waals surface area contributed by atoms with Crippen molar-refractivity contribution in [3.63, 3.8) is 0 Å². The predicted octanol–water partition coefficient (Wildman–Crippen LogP) is 3.32. The molecule has 0 spiro atoms. The molecule has 0 atom stereocenters. The minimum absolute atomic E-state index is 0.205. The Morgan fingerprint density at radius 3 is 2.62 bits per heavy atom. The van der Waals surface area contributed by atoms with Crippen molar-refractivity contribution in [1.29, 1.82) is 5.26 Å². The second-order valence-corrected chi connectivity index (χ2v) is 5.27. The molecule has 2 rings (SSSR count). The number of ether oxygens (including phenoxy) is 2. The van der Waals surface area contributed by atoms with Gasteiger partial charge in [-0.15, -0.1) is 0 Å². The van der Waals surface area contributed by atoms with Gasteiger partial charge in [-0.2, -0.15) is 5.26 Å². The number of halogens is 1. The van der Waals surface area contributed by atoms with Crippen LogP contribution in [0, 0.1) is 11.3 Å². The fraction of sp³-hybridized carbons (Fsp3) is 0.111. The van der Waals surface area contributed by atoms with E-state index in [1.807, 2.05) is 30.3 Å². The first-order chi connectivity index (χ1) is 11.5. The quantitative estimate of drug-likeness (QED) is 0.644. The van der Waals surface area contributed by atoms with Crippen molar-refractivity contribution >= 4 is 23.6 Å². The molecule has 2 N–H and O–H groups in total. The van der Waals surface area contributed by atoms with Gasteiger partial charge >= 0.3 is 0 Å². The average molecular weight is 343 g/mol. The molecular weight excluding hydrogens is 328 g/mol. The average Bonchev–Trinajstić information content (AvgIpc) is 2.58. The molecule has 0 unspecified atom stereocenters. The zero-order valence-electron chi connectivity index (χ0n) is 13.0. The number of rotatable bonds is 6. The lowest BCUT2D eigenvalue weighted by atomic mass is 10.1. The van der Waals surface area contributed by atoms with Crippen molar-refractivity contribution in [1.82, 2.24) is 0 Å². The van der Waals surface area contributed by atoms with Gasteiger partial charge in [-0.3, -0.25) is 4.79 Å². The van der Waals surface area contributed by atoms with Gasteiger partial charge in [0.15, 0.2) is 11.5 Å². The van der Waals surface area contributed by atoms with E-state index in [0.717, 1.165) is 5.56 Å². The van der Waals surface area contributed by atoms with E-state index in [2.05, 4.69) is 0 Å². The Morgan fingerprint density at radius 1 is 1.33 bits per heavy atom. The monoisotopic (exact) mass is 342 g/mol. The molecule has 0 saturated carbocycles. The van der Waals surface area contributed by atoms with Gasteiger partial charge in [-0.25, -0.2) is 0 Å². The molecule has 0 aliphatic heterocycles. The van der Waals surface area contributed by atoms with E-state index in [-0.39, 0.29) is 12.2 Å². The second-order valence-electron chi connectivity index (χ2n) is 4.83. The van der Waals surface area contributed by atoms with Gasteiger partial charge in [-0.05, 0) is 17.7 Å². The predicted molar refractivity (Wildman–Crippen MR) is 91.6 cm³/mol. The molecule has 0 radical (unpaired) electrons. The van der Waals surface area contributed by atoms with Gasteiger partial charge < -0.3 is 15.2 Å². The molecular formula is C18H15ClN2O3. The van der Waals surface area contributed by atoms with E-state index in [4.69, 9.17) is 32.1 Å². The standard InChI is InChI=1S/C18H15ClN2O3/c1-23-16-9-15(19)8-13(7-14(10-20)18(21)22)17(16)24-11-12-5-3-2-4-6-12/h2-9H,11H2,1H3,(H2,21,22). The molecule has 5 nitrogen and oxygen atoms in total. The van der Waals surface area contributed by atoms with Crippen LogP contribution in [0.1, 0.15) is 11.1 Å². The van der Waals surface area contributed by atoms with E-state index >= 15 is 0 Å². The van der Waals surface area contributed by atoms with Gasteiger partial charge in [0, 0.05) is 16.7 Å². The number of hydrogen-bond acceptors (Lipinski definition) is 4. The summed E-state index contributed by atoms with van der Waals surface area (Å²) in [6.45, 7) is 0.290. The van der Waals surface area contributed by atoms with Gasteiger partial charge in [-0.1, -0.05) is 41.9 Å². The van der Waals surface area contributed by atoms with Crippen LogP contribution in [0.3, 0.4) is 0 Å². The largest absolute Gasteiger partial charge is 0.493 e. The molecule has 122 valence electrons. The Morgan fingerprint density at radius 2 is 2.04 bits per heavy atom. The highest BCUT2D eigenvalue weighted by Gasteiger charge is 2.14. The third-order valence-corrected chi connectivity index (χ3v) is 3.40. The van der Waals surface area contributed by atoms with Crippen molar-refractivity contribution in [2.24, 2.45) is 5.73 Å². The molecule has 0 fully saturated rings. The number of methoxy groups -OCH3 is 1. The molecule has 2 aromatic rings. The zero-order chi connectivity index (χ0) is 17.5. The molecule has 0 heterocycles. The minimum Gasteiger partial charge on any atom is -0.493 e.